The maximum Gasteiger partial charge on any atom is 0.332 e. The molecule has 0 atom stereocenters. The Hall–Kier alpha value is -0.180. The summed E-state index contributed by atoms with van der Waals surface area (Å²) in [7, 11) is -1.23. The largest absolute Gasteiger partial charge is 0.332 e. The van der Waals surface area contributed by atoms with Gasteiger partial charge in [0.25, 0.3) is 0 Å². The maximum absolute atomic E-state index is 5.79. The highest BCUT2D eigenvalue weighted by atomic mass is 35.5. The van der Waals surface area contributed by atoms with Gasteiger partial charge in [0.05, 0.1) is 19.8 Å². The van der Waals surface area contributed by atoms with Crippen molar-refractivity contribution in [2.24, 2.45) is 0 Å². The minimum Gasteiger partial charge on any atom is -0.313 e. The number of hydrogen-bond donors (Lipinski definition) is 0. The molecule has 0 aliphatic heterocycles. The molecule has 0 N–H and O–H groups in total. The van der Waals surface area contributed by atoms with E-state index in [9.17, 15) is 0 Å². The third-order valence-corrected chi connectivity index (χ3v) is 3.25. The molecule has 1 aromatic rings. The highest BCUT2D eigenvalue weighted by molar-refractivity contribution is 7.41. The second kappa shape index (κ2) is 7.99. The van der Waals surface area contributed by atoms with Crippen molar-refractivity contribution in [1.29, 1.82) is 0 Å². The molecule has 1 aromatic carbocycles. The zero-order valence-electron chi connectivity index (χ0n) is 9.48. The van der Waals surface area contributed by atoms with Crippen molar-refractivity contribution in [1.82, 2.24) is 0 Å². The molecule has 1 rings (SSSR count). The van der Waals surface area contributed by atoms with E-state index in [1.165, 1.54) is 0 Å². The minimum absolute atomic E-state index is 0.475. The van der Waals surface area contributed by atoms with Gasteiger partial charge in [-0.3, -0.25) is 0 Å². The van der Waals surface area contributed by atoms with Crippen LogP contribution in [0, 0.1) is 0 Å². The summed E-state index contributed by atoms with van der Waals surface area (Å²) in [6, 6.07) is 7.52. The molecule has 0 saturated heterocycles. The summed E-state index contributed by atoms with van der Waals surface area (Å²) in [5.74, 6) is 0. The predicted octanol–water partition coefficient (Wildman–Crippen LogP) is 4.16. The quantitative estimate of drug-likeness (QED) is 0.691. The van der Waals surface area contributed by atoms with E-state index in [-0.39, 0.29) is 0 Å². The summed E-state index contributed by atoms with van der Waals surface area (Å²) in [4.78, 5) is 0. The van der Waals surface area contributed by atoms with Crippen LogP contribution in [0.4, 0.5) is 0 Å². The van der Waals surface area contributed by atoms with Gasteiger partial charge in [-0.2, -0.15) is 0 Å². The molecule has 0 aromatic heterocycles. The summed E-state index contributed by atoms with van der Waals surface area (Å²) in [5, 5.41) is 0.723. The molecule has 0 heterocycles. The van der Waals surface area contributed by atoms with Crippen molar-refractivity contribution < 1.29 is 13.6 Å². The summed E-state index contributed by atoms with van der Waals surface area (Å²) in [6.07, 6.45) is 0. The molecule has 0 amide bonds. The third-order valence-electron chi connectivity index (χ3n) is 1.72. The Bertz CT molecular complexity index is 286. The van der Waals surface area contributed by atoms with Crippen molar-refractivity contribution in [2.45, 2.75) is 20.5 Å². The fourth-order valence-electron chi connectivity index (χ4n) is 1.03. The van der Waals surface area contributed by atoms with Crippen LogP contribution in [0.1, 0.15) is 19.4 Å². The lowest BCUT2D eigenvalue weighted by Crippen LogP contribution is -1.95. The number of rotatable bonds is 7. The van der Waals surface area contributed by atoms with Crippen LogP contribution in [0.2, 0.25) is 5.02 Å². The molecule has 3 nitrogen and oxygen atoms in total. The van der Waals surface area contributed by atoms with Crippen molar-refractivity contribution >= 4 is 20.2 Å². The van der Waals surface area contributed by atoms with Crippen LogP contribution >= 0.6 is 20.2 Å². The third kappa shape index (κ3) is 5.24. The molecular weight excluding hydrogens is 247 g/mol. The van der Waals surface area contributed by atoms with Gasteiger partial charge in [-0.05, 0) is 31.5 Å². The summed E-state index contributed by atoms with van der Waals surface area (Å²) >= 11 is 5.79. The van der Waals surface area contributed by atoms with E-state index in [1.54, 1.807) is 0 Å². The lowest BCUT2D eigenvalue weighted by atomic mass is 10.2. The van der Waals surface area contributed by atoms with E-state index in [0.29, 0.717) is 19.8 Å². The normalized spacial score (nSPS) is 11.0. The van der Waals surface area contributed by atoms with Gasteiger partial charge < -0.3 is 13.6 Å². The molecule has 0 aliphatic carbocycles. The Morgan fingerprint density at radius 2 is 1.56 bits per heavy atom. The van der Waals surface area contributed by atoms with E-state index >= 15 is 0 Å². The van der Waals surface area contributed by atoms with Crippen molar-refractivity contribution in [3.63, 3.8) is 0 Å². The highest BCUT2D eigenvalue weighted by Gasteiger charge is 2.10. The second-order valence-corrected chi connectivity index (χ2v) is 4.62. The first-order valence-corrected chi connectivity index (χ1v) is 6.67. The lowest BCUT2D eigenvalue weighted by Gasteiger charge is -2.14. The predicted molar refractivity (Wildman–Crippen MR) is 66.4 cm³/mol. The summed E-state index contributed by atoms with van der Waals surface area (Å²) in [5.41, 5.74) is 1.05. The van der Waals surface area contributed by atoms with Gasteiger partial charge in [0, 0.05) is 5.02 Å². The van der Waals surface area contributed by atoms with E-state index < -0.39 is 8.60 Å². The van der Waals surface area contributed by atoms with Crippen LogP contribution in [-0.4, -0.2) is 13.2 Å². The van der Waals surface area contributed by atoms with Gasteiger partial charge in [0.1, 0.15) is 0 Å². The standard InChI is InChI=1S/C11H16ClO3P/c1-3-13-16(14-4-2)15-9-10-5-7-11(12)8-6-10/h5-8H,3-4,9H2,1-2H3. The van der Waals surface area contributed by atoms with Gasteiger partial charge in [-0.15, -0.1) is 0 Å². The molecular formula is C11H16ClO3P. The molecule has 0 unspecified atom stereocenters. The first-order valence-electron chi connectivity index (χ1n) is 5.19. The monoisotopic (exact) mass is 262 g/mol. The van der Waals surface area contributed by atoms with Crippen molar-refractivity contribution in [3.05, 3.63) is 34.9 Å². The highest BCUT2D eigenvalue weighted by Crippen LogP contribution is 2.40. The fraction of sp³-hybridized carbons (Fsp3) is 0.455. The Morgan fingerprint density at radius 3 is 2.06 bits per heavy atom. The number of benzene rings is 1. The molecule has 0 fully saturated rings. The maximum atomic E-state index is 5.79. The average molecular weight is 263 g/mol. The van der Waals surface area contributed by atoms with Gasteiger partial charge in [-0.25, -0.2) is 0 Å². The van der Waals surface area contributed by atoms with Crippen LogP contribution in [-0.2, 0) is 20.2 Å². The zero-order chi connectivity index (χ0) is 11.8. The van der Waals surface area contributed by atoms with Crippen molar-refractivity contribution in [2.75, 3.05) is 13.2 Å². The average Bonchev–Trinajstić information content (AvgIpc) is 2.29. The van der Waals surface area contributed by atoms with Crippen molar-refractivity contribution in [3.8, 4) is 0 Å². The molecule has 0 spiro atoms. The Balaban J connectivity index is 2.38. The Morgan fingerprint density at radius 1 is 1.00 bits per heavy atom. The van der Waals surface area contributed by atoms with Gasteiger partial charge >= 0.3 is 8.60 Å². The Labute approximate surface area is 103 Å². The molecule has 0 aliphatic rings. The smallest absolute Gasteiger partial charge is 0.313 e. The zero-order valence-corrected chi connectivity index (χ0v) is 11.1. The van der Waals surface area contributed by atoms with Crippen LogP contribution in [0.5, 0.6) is 0 Å². The van der Waals surface area contributed by atoms with Crippen LogP contribution < -0.4 is 0 Å². The second-order valence-electron chi connectivity index (χ2n) is 2.96. The molecule has 16 heavy (non-hydrogen) atoms. The van der Waals surface area contributed by atoms with Gasteiger partial charge in [-0.1, -0.05) is 23.7 Å². The summed E-state index contributed by atoms with van der Waals surface area (Å²) in [6.45, 7) is 5.49. The fourth-order valence-corrected chi connectivity index (χ4v) is 2.06. The summed E-state index contributed by atoms with van der Waals surface area (Å²) < 4.78 is 16.2. The SMILES string of the molecule is CCOP(OCC)OCc1ccc(Cl)cc1. The molecule has 0 bridgehead atoms. The van der Waals surface area contributed by atoms with E-state index in [2.05, 4.69) is 0 Å². The first-order chi connectivity index (χ1) is 7.76. The van der Waals surface area contributed by atoms with E-state index in [4.69, 9.17) is 25.2 Å². The first kappa shape index (κ1) is 13.9. The van der Waals surface area contributed by atoms with Crippen LogP contribution in [0.25, 0.3) is 0 Å². The topological polar surface area (TPSA) is 27.7 Å². The molecule has 5 heteroatoms. The van der Waals surface area contributed by atoms with E-state index in [0.717, 1.165) is 10.6 Å². The minimum atomic E-state index is -1.23. The molecule has 90 valence electrons. The molecule has 0 saturated carbocycles. The number of halogens is 1. The molecule has 0 radical (unpaired) electrons. The van der Waals surface area contributed by atoms with Crippen LogP contribution in [0.15, 0.2) is 24.3 Å². The van der Waals surface area contributed by atoms with Gasteiger partial charge in [0.15, 0.2) is 0 Å². The van der Waals surface area contributed by atoms with Gasteiger partial charge in [0.2, 0.25) is 0 Å². The van der Waals surface area contributed by atoms with E-state index in [1.807, 2.05) is 38.1 Å². The Kier molecular flexibility index (Phi) is 6.93. The number of hydrogen-bond acceptors (Lipinski definition) is 3. The van der Waals surface area contributed by atoms with Crippen LogP contribution in [0.3, 0.4) is 0 Å². The lowest BCUT2D eigenvalue weighted by molar-refractivity contribution is 0.164.